The van der Waals surface area contributed by atoms with E-state index in [1.165, 1.54) is 6.21 Å². The molecular weight excluding hydrogens is 123 g/mol. The Hall–Kier alpha value is 0.0500. The molecule has 2 N–H and O–H groups in total. The molecule has 4 heteroatoms. The summed E-state index contributed by atoms with van der Waals surface area (Å²) in [6.07, 6.45) is 1.23. The predicted octanol–water partition coefficient (Wildman–Crippen LogP) is 0.735. The maximum Gasteiger partial charge on any atom is 0.144 e. The molecule has 0 unspecified atom stereocenters. The zero-order valence-corrected chi connectivity index (χ0v) is 4.45. The van der Waals surface area contributed by atoms with Gasteiger partial charge in [0.15, 0.2) is 0 Å². The van der Waals surface area contributed by atoms with E-state index in [0.29, 0.717) is 0 Å². The molecule has 0 aromatic rings. The molecule has 0 aliphatic carbocycles. The van der Waals surface area contributed by atoms with Crippen LogP contribution in [0.5, 0.6) is 0 Å². The molecule has 0 heterocycles. The smallest absolute Gasteiger partial charge is 0.144 e. The average Bonchev–Trinajstić information content (AvgIpc) is 1.35. The number of hydrazone groups is 1. The molecule has 0 aliphatic heterocycles. The summed E-state index contributed by atoms with van der Waals surface area (Å²) in [5.41, 5.74) is 0. The van der Waals surface area contributed by atoms with Crippen molar-refractivity contribution in [1.82, 2.24) is 0 Å². The van der Waals surface area contributed by atoms with Crippen molar-refractivity contribution in [3.05, 3.63) is 0 Å². The Labute approximate surface area is 45.9 Å². The van der Waals surface area contributed by atoms with Crippen LogP contribution >= 0.6 is 23.2 Å². The van der Waals surface area contributed by atoms with E-state index in [4.69, 9.17) is 23.2 Å². The standard InChI is InChI=1S/C2H4Cl2N2/c3-2(4)1-6-5/h1-2H,5H2/b6-1+. The van der Waals surface area contributed by atoms with E-state index in [0.717, 1.165) is 0 Å². The molecule has 0 spiro atoms. The molecule has 0 fully saturated rings. The minimum Gasteiger partial charge on any atom is -0.324 e. The summed E-state index contributed by atoms with van der Waals surface area (Å²) in [5.74, 6) is 4.63. The Kier molecular flexibility index (Phi) is 3.28. The van der Waals surface area contributed by atoms with Gasteiger partial charge >= 0.3 is 0 Å². The van der Waals surface area contributed by atoms with E-state index in [-0.39, 0.29) is 0 Å². The van der Waals surface area contributed by atoms with Crippen molar-refractivity contribution in [2.24, 2.45) is 10.9 Å². The molecule has 0 saturated carbocycles. The van der Waals surface area contributed by atoms with Crippen LogP contribution in [0.3, 0.4) is 0 Å². The van der Waals surface area contributed by atoms with Crippen molar-refractivity contribution in [2.75, 3.05) is 0 Å². The third-order valence-corrected chi connectivity index (χ3v) is 0.424. The number of halogens is 2. The summed E-state index contributed by atoms with van der Waals surface area (Å²) in [6, 6.07) is 0. The quantitative estimate of drug-likeness (QED) is 0.240. The molecule has 0 atom stereocenters. The van der Waals surface area contributed by atoms with Crippen molar-refractivity contribution in [3.8, 4) is 0 Å². The van der Waals surface area contributed by atoms with Gasteiger partial charge in [0.25, 0.3) is 0 Å². The van der Waals surface area contributed by atoms with Crippen molar-refractivity contribution in [3.63, 3.8) is 0 Å². The van der Waals surface area contributed by atoms with Crippen LogP contribution in [0, 0.1) is 0 Å². The highest BCUT2D eigenvalue weighted by atomic mass is 35.5. The first kappa shape index (κ1) is 6.05. The van der Waals surface area contributed by atoms with Gasteiger partial charge in [-0.15, -0.1) is 0 Å². The fraction of sp³-hybridized carbons (Fsp3) is 0.500. The van der Waals surface area contributed by atoms with Gasteiger partial charge in [0.05, 0.1) is 6.21 Å². The summed E-state index contributed by atoms with van der Waals surface area (Å²) in [5, 5.41) is 3.05. The van der Waals surface area contributed by atoms with Crippen LogP contribution in [0.15, 0.2) is 5.10 Å². The first-order chi connectivity index (χ1) is 2.77. The summed E-state index contributed by atoms with van der Waals surface area (Å²) in [7, 11) is 0. The molecule has 0 aromatic heterocycles. The second kappa shape index (κ2) is 3.25. The molecule has 6 heavy (non-hydrogen) atoms. The third-order valence-electron chi connectivity index (χ3n) is 0.199. The molecule has 0 rings (SSSR count). The van der Waals surface area contributed by atoms with E-state index >= 15 is 0 Å². The number of nitrogens with zero attached hydrogens (tertiary/aromatic N) is 1. The maximum absolute atomic E-state index is 5.11. The fourth-order valence-electron chi connectivity index (χ4n) is 0.0651. The van der Waals surface area contributed by atoms with E-state index in [9.17, 15) is 0 Å². The van der Waals surface area contributed by atoms with Crippen LogP contribution < -0.4 is 5.84 Å². The topological polar surface area (TPSA) is 38.4 Å². The lowest BCUT2D eigenvalue weighted by Gasteiger charge is -1.80. The fourth-order valence-corrected chi connectivity index (χ4v) is 0.195. The van der Waals surface area contributed by atoms with E-state index in [2.05, 4.69) is 10.9 Å². The van der Waals surface area contributed by atoms with Crippen LogP contribution in [0.1, 0.15) is 0 Å². The van der Waals surface area contributed by atoms with Gasteiger partial charge in [0.2, 0.25) is 0 Å². The number of alkyl halides is 2. The molecule has 36 valence electrons. The van der Waals surface area contributed by atoms with Gasteiger partial charge in [-0.05, 0) is 0 Å². The van der Waals surface area contributed by atoms with Gasteiger partial charge in [0, 0.05) is 0 Å². The highest BCUT2D eigenvalue weighted by molar-refractivity contribution is 6.51. The van der Waals surface area contributed by atoms with Gasteiger partial charge in [0.1, 0.15) is 4.84 Å². The van der Waals surface area contributed by atoms with E-state index in [1.54, 1.807) is 0 Å². The Morgan fingerprint density at radius 2 is 2.17 bits per heavy atom. The predicted molar refractivity (Wildman–Crippen MR) is 28.2 cm³/mol. The Morgan fingerprint density at radius 1 is 1.67 bits per heavy atom. The lowest BCUT2D eigenvalue weighted by Crippen LogP contribution is -1.90. The third kappa shape index (κ3) is 4.05. The summed E-state index contributed by atoms with van der Waals surface area (Å²) >= 11 is 10.2. The van der Waals surface area contributed by atoms with Crippen LogP contribution in [-0.2, 0) is 0 Å². The number of nitrogens with two attached hydrogens (primary N) is 1. The van der Waals surface area contributed by atoms with Gasteiger partial charge < -0.3 is 5.84 Å². The molecule has 0 saturated heterocycles. The highest BCUT2D eigenvalue weighted by Crippen LogP contribution is 1.94. The minimum atomic E-state index is -0.574. The number of hydrogen-bond acceptors (Lipinski definition) is 2. The summed E-state index contributed by atoms with van der Waals surface area (Å²) in [6.45, 7) is 0. The lowest BCUT2D eigenvalue weighted by atomic mass is 10.9. The Balaban J connectivity index is 3.03. The van der Waals surface area contributed by atoms with E-state index < -0.39 is 4.84 Å². The largest absolute Gasteiger partial charge is 0.324 e. The normalized spacial score (nSPS) is 11.2. The molecule has 0 aromatic carbocycles. The van der Waals surface area contributed by atoms with Crippen molar-refractivity contribution in [2.45, 2.75) is 4.84 Å². The first-order valence-corrected chi connectivity index (χ1v) is 2.16. The van der Waals surface area contributed by atoms with Crippen molar-refractivity contribution in [1.29, 1.82) is 0 Å². The molecule has 0 radical (unpaired) electrons. The lowest BCUT2D eigenvalue weighted by molar-refractivity contribution is 1.26. The van der Waals surface area contributed by atoms with Gasteiger partial charge in [-0.3, -0.25) is 0 Å². The highest BCUT2D eigenvalue weighted by Gasteiger charge is 1.85. The molecule has 2 nitrogen and oxygen atoms in total. The SMILES string of the molecule is N/N=C/C(Cl)Cl. The van der Waals surface area contributed by atoms with Crippen molar-refractivity contribution < 1.29 is 0 Å². The minimum absolute atomic E-state index is 0.574. The molecule has 0 bridgehead atoms. The van der Waals surface area contributed by atoms with Crippen molar-refractivity contribution >= 4 is 29.4 Å². The van der Waals surface area contributed by atoms with Gasteiger partial charge in [-0.25, -0.2) is 0 Å². The van der Waals surface area contributed by atoms with Crippen LogP contribution in [0.2, 0.25) is 0 Å². The molecule has 0 aliphatic rings. The second-order valence-electron chi connectivity index (χ2n) is 0.633. The van der Waals surface area contributed by atoms with Gasteiger partial charge in [-0.1, -0.05) is 23.2 Å². The average molecular weight is 127 g/mol. The maximum atomic E-state index is 5.11. The number of hydrogen-bond donors (Lipinski definition) is 1. The molecular formula is C2H4Cl2N2. The van der Waals surface area contributed by atoms with Crippen LogP contribution in [-0.4, -0.2) is 11.1 Å². The zero-order valence-electron chi connectivity index (χ0n) is 2.94. The van der Waals surface area contributed by atoms with Gasteiger partial charge in [-0.2, -0.15) is 5.10 Å². The van der Waals surface area contributed by atoms with Crippen LogP contribution in [0.25, 0.3) is 0 Å². The Morgan fingerprint density at radius 3 is 2.17 bits per heavy atom. The summed E-state index contributed by atoms with van der Waals surface area (Å²) < 4.78 is 0. The van der Waals surface area contributed by atoms with E-state index in [1.807, 2.05) is 0 Å². The zero-order chi connectivity index (χ0) is 4.99. The van der Waals surface area contributed by atoms with Crippen LogP contribution in [0.4, 0.5) is 0 Å². The summed E-state index contributed by atoms with van der Waals surface area (Å²) in [4.78, 5) is -0.574. The first-order valence-electron chi connectivity index (χ1n) is 1.29. The number of rotatable bonds is 1. The second-order valence-corrected chi connectivity index (χ2v) is 1.80. The Bertz CT molecular complexity index is 51.5. The molecule has 0 amide bonds. The monoisotopic (exact) mass is 126 g/mol.